The minimum absolute atomic E-state index is 0.0972. The number of hydrogen-bond acceptors (Lipinski definition) is 6. The van der Waals surface area contributed by atoms with Crippen molar-refractivity contribution in [3.63, 3.8) is 0 Å². The Hall–Kier alpha value is -3.50. The molecule has 0 aliphatic carbocycles. The maximum Gasteiger partial charge on any atom is 0.272 e. The zero-order chi connectivity index (χ0) is 23.5. The maximum absolute atomic E-state index is 14.2. The van der Waals surface area contributed by atoms with Crippen LogP contribution >= 0.6 is 0 Å². The first-order valence-electron chi connectivity index (χ1n) is 9.93. The van der Waals surface area contributed by atoms with Gasteiger partial charge in [0.2, 0.25) is 5.88 Å². The topological polar surface area (TPSA) is 86.0 Å². The molecule has 0 fully saturated rings. The maximum atomic E-state index is 14.2. The van der Waals surface area contributed by atoms with Crippen molar-refractivity contribution < 1.29 is 22.7 Å². The number of carbonyl (C=O) groups excluding carboxylic acids is 1. The number of amides is 1. The smallest absolute Gasteiger partial charge is 0.272 e. The van der Waals surface area contributed by atoms with Crippen LogP contribution in [0.1, 0.15) is 42.4 Å². The normalized spacial score (nSPS) is 12.5. The summed E-state index contributed by atoms with van der Waals surface area (Å²) in [6, 6.07) is 3.56. The second-order valence-electron chi connectivity index (χ2n) is 7.29. The van der Waals surface area contributed by atoms with Crippen molar-refractivity contribution in [2.24, 2.45) is 0 Å². The molecule has 3 aromatic rings. The van der Waals surface area contributed by atoms with E-state index in [1.165, 1.54) is 22.1 Å². The molecule has 32 heavy (non-hydrogen) atoms. The highest BCUT2D eigenvalue weighted by Gasteiger charge is 2.28. The highest BCUT2D eigenvalue weighted by molar-refractivity contribution is 5.97. The fraction of sp³-hybridized carbons (Fsp3) is 0.381. The molecule has 0 aliphatic rings. The zero-order valence-corrected chi connectivity index (χ0v) is 18.1. The van der Waals surface area contributed by atoms with Crippen molar-refractivity contribution in [1.82, 2.24) is 29.9 Å². The number of hydrogen-bond donors (Lipinski definition) is 0. The van der Waals surface area contributed by atoms with Gasteiger partial charge in [0.25, 0.3) is 11.8 Å². The Balaban J connectivity index is 1.77. The predicted molar refractivity (Wildman–Crippen MR) is 109 cm³/mol. The standard InChI is InChI=1S/C21H23F3N6O2/c1-5-29(14(3)12-32-19-17(22)10-15(11-25-19)21(4,23)24)20(31)16-7-6-13(2)28-18(16)30-26-8-9-27-30/h6-11,14H,5,12H2,1-4H3/t14-/m0/s1. The van der Waals surface area contributed by atoms with Gasteiger partial charge in [-0.05, 0) is 39.0 Å². The number of alkyl halides is 2. The van der Waals surface area contributed by atoms with Crippen LogP contribution in [0.4, 0.5) is 13.2 Å². The lowest BCUT2D eigenvalue weighted by molar-refractivity contribution is 0.0165. The Morgan fingerprint density at radius 1 is 1.28 bits per heavy atom. The number of ether oxygens (including phenoxy) is 1. The van der Waals surface area contributed by atoms with Gasteiger partial charge in [-0.1, -0.05) is 0 Å². The van der Waals surface area contributed by atoms with Crippen molar-refractivity contribution in [2.75, 3.05) is 13.2 Å². The molecule has 11 heteroatoms. The first-order chi connectivity index (χ1) is 15.1. The van der Waals surface area contributed by atoms with Gasteiger partial charge >= 0.3 is 0 Å². The molecule has 3 heterocycles. The molecule has 1 atom stereocenters. The highest BCUT2D eigenvalue weighted by Crippen LogP contribution is 2.28. The molecule has 0 unspecified atom stereocenters. The molecule has 3 aromatic heterocycles. The fourth-order valence-corrected chi connectivity index (χ4v) is 3.06. The van der Waals surface area contributed by atoms with Crippen molar-refractivity contribution >= 4 is 5.91 Å². The predicted octanol–water partition coefficient (Wildman–Crippen LogP) is 3.55. The Kier molecular flexibility index (Phi) is 6.75. The SMILES string of the molecule is CCN(C(=O)c1ccc(C)nc1-n1nccn1)[C@@H](C)COc1ncc(C(C)(F)F)cc1F. The molecule has 0 saturated carbocycles. The summed E-state index contributed by atoms with van der Waals surface area (Å²) < 4.78 is 46.2. The Bertz CT molecular complexity index is 1090. The molecule has 0 spiro atoms. The van der Waals surface area contributed by atoms with Gasteiger partial charge in [0.1, 0.15) is 6.61 Å². The molecule has 170 valence electrons. The van der Waals surface area contributed by atoms with E-state index in [9.17, 15) is 18.0 Å². The Labute approximate surface area is 183 Å². The number of pyridine rings is 2. The van der Waals surface area contributed by atoms with Gasteiger partial charge in [0.15, 0.2) is 11.6 Å². The van der Waals surface area contributed by atoms with Gasteiger partial charge in [-0.25, -0.2) is 23.1 Å². The summed E-state index contributed by atoms with van der Waals surface area (Å²) in [6.45, 7) is 6.19. The molecule has 0 N–H and O–H groups in total. The summed E-state index contributed by atoms with van der Waals surface area (Å²) in [5.74, 6) is -4.67. The fourth-order valence-electron chi connectivity index (χ4n) is 3.06. The van der Waals surface area contributed by atoms with Crippen LogP contribution in [-0.2, 0) is 5.92 Å². The van der Waals surface area contributed by atoms with Crippen LogP contribution in [-0.4, -0.2) is 55.0 Å². The molecule has 8 nitrogen and oxygen atoms in total. The summed E-state index contributed by atoms with van der Waals surface area (Å²) in [7, 11) is 0. The van der Waals surface area contributed by atoms with E-state index < -0.39 is 29.2 Å². The number of carbonyl (C=O) groups is 1. The number of aryl methyl sites for hydroxylation is 1. The van der Waals surface area contributed by atoms with Crippen LogP contribution in [0.2, 0.25) is 0 Å². The lowest BCUT2D eigenvalue weighted by Crippen LogP contribution is -2.42. The minimum Gasteiger partial charge on any atom is -0.473 e. The molecule has 3 rings (SSSR count). The number of halogens is 3. The second-order valence-corrected chi connectivity index (χ2v) is 7.29. The average molecular weight is 448 g/mol. The van der Waals surface area contributed by atoms with E-state index in [1.54, 1.807) is 32.9 Å². The summed E-state index contributed by atoms with van der Waals surface area (Å²) >= 11 is 0. The van der Waals surface area contributed by atoms with Crippen LogP contribution in [0.15, 0.2) is 36.8 Å². The summed E-state index contributed by atoms with van der Waals surface area (Å²) in [5, 5.41) is 8.11. The molecule has 0 aliphatic heterocycles. The second kappa shape index (κ2) is 9.33. The molecule has 0 aromatic carbocycles. The molecular weight excluding hydrogens is 425 g/mol. The summed E-state index contributed by atoms with van der Waals surface area (Å²) in [5.41, 5.74) is 0.433. The third-order valence-electron chi connectivity index (χ3n) is 4.76. The average Bonchev–Trinajstić information content (AvgIpc) is 3.27. The molecular formula is C21H23F3N6O2. The third-order valence-corrected chi connectivity index (χ3v) is 4.76. The van der Waals surface area contributed by atoms with Crippen molar-refractivity contribution in [3.8, 4) is 11.7 Å². The van der Waals surface area contributed by atoms with Gasteiger partial charge in [-0.15, -0.1) is 4.80 Å². The monoisotopic (exact) mass is 448 g/mol. The van der Waals surface area contributed by atoms with E-state index in [2.05, 4.69) is 20.2 Å². The van der Waals surface area contributed by atoms with E-state index in [1.807, 2.05) is 0 Å². The van der Waals surface area contributed by atoms with Crippen molar-refractivity contribution in [1.29, 1.82) is 0 Å². The molecule has 0 radical (unpaired) electrons. The molecule has 1 amide bonds. The third kappa shape index (κ3) is 5.04. The van der Waals surface area contributed by atoms with Crippen LogP contribution in [0.25, 0.3) is 5.82 Å². The van der Waals surface area contributed by atoms with Crippen LogP contribution < -0.4 is 4.74 Å². The quantitative estimate of drug-likeness (QED) is 0.524. The van der Waals surface area contributed by atoms with Crippen LogP contribution in [0.3, 0.4) is 0 Å². The molecule has 0 saturated heterocycles. The van der Waals surface area contributed by atoms with Gasteiger partial charge < -0.3 is 9.64 Å². The van der Waals surface area contributed by atoms with Gasteiger partial charge in [0.05, 0.1) is 24.0 Å². The zero-order valence-electron chi connectivity index (χ0n) is 18.1. The van der Waals surface area contributed by atoms with Crippen molar-refractivity contribution in [2.45, 2.75) is 39.7 Å². The van der Waals surface area contributed by atoms with Crippen LogP contribution in [0, 0.1) is 12.7 Å². The first kappa shape index (κ1) is 23.2. The van der Waals surface area contributed by atoms with Crippen molar-refractivity contribution in [3.05, 3.63) is 59.4 Å². The number of rotatable bonds is 8. The van der Waals surface area contributed by atoms with Gasteiger partial charge in [-0.3, -0.25) is 4.79 Å². The van der Waals surface area contributed by atoms with Gasteiger partial charge in [0, 0.05) is 30.9 Å². The first-order valence-corrected chi connectivity index (χ1v) is 9.93. The minimum atomic E-state index is -3.21. The number of likely N-dealkylation sites (N-methyl/N-ethyl adjacent to an activating group) is 1. The van der Waals surface area contributed by atoms with Gasteiger partial charge in [-0.2, -0.15) is 10.2 Å². The lowest BCUT2D eigenvalue weighted by atomic mass is 10.1. The number of nitrogens with zero attached hydrogens (tertiary/aromatic N) is 6. The van der Waals surface area contributed by atoms with E-state index >= 15 is 0 Å². The van der Waals surface area contributed by atoms with E-state index in [0.717, 1.165) is 6.20 Å². The highest BCUT2D eigenvalue weighted by atomic mass is 19.3. The number of aromatic nitrogens is 5. The van der Waals surface area contributed by atoms with E-state index in [-0.39, 0.29) is 18.3 Å². The Morgan fingerprint density at radius 2 is 1.97 bits per heavy atom. The van der Waals surface area contributed by atoms with Crippen LogP contribution in [0.5, 0.6) is 5.88 Å². The molecule has 0 bridgehead atoms. The van der Waals surface area contributed by atoms with E-state index in [4.69, 9.17) is 4.74 Å². The summed E-state index contributed by atoms with van der Waals surface area (Å²) in [6.07, 6.45) is 3.83. The Morgan fingerprint density at radius 3 is 2.56 bits per heavy atom. The van der Waals surface area contributed by atoms with E-state index in [0.29, 0.717) is 30.8 Å². The summed E-state index contributed by atoms with van der Waals surface area (Å²) in [4.78, 5) is 24.1. The largest absolute Gasteiger partial charge is 0.473 e. The lowest BCUT2D eigenvalue weighted by Gasteiger charge is -2.28.